The van der Waals surface area contributed by atoms with E-state index in [1.807, 2.05) is 11.3 Å². The highest BCUT2D eigenvalue weighted by Crippen LogP contribution is 2.47. The molecule has 0 bridgehead atoms. The first-order valence-electron chi connectivity index (χ1n) is 18.5. The first-order valence-corrected chi connectivity index (χ1v) is 19.3. The second kappa shape index (κ2) is 12.4. The SMILES string of the molecule is c1ccc(-c2cccc(N(c3cccc(-c4cccc5c4sc4ccccc45)c3)c3cc4ccc5ccc6ccccc6c5c4c4ccccc34)c2)cc1. The van der Waals surface area contributed by atoms with Crippen molar-refractivity contribution in [2.24, 2.45) is 0 Å². The van der Waals surface area contributed by atoms with Crippen LogP contribution >= 0.6 is 11.3 Å². The van der Waals surface area contributed by atoms with Crippen LogP contribution in [0, 0.1) is 0 Å². The molecule has 252 valence electrons. The number of benzene rings is 10. The Hall–Kier alpha value is -6.74. The van der Waals surface area contributed by atoms with Gasteiger partial charge < -0.3 is 4.90 Å². The molecule has 0 spiro atoms. The Morgan fingerprint density at radius 3 is 1.74 bits per heavy atom. The molecular weight excluding hydrogens is 671 g/mol. The van der Waals surface area contributed by atoms with E-state index in [1.165, 1.54) is 85.5 Å². The quantitative estimate of drug-likeness (QED) is 0.161. The lowest BCUT2D eigenvalue weighted by Crippen LogP contribution is -2.11. The Kier molecular flexibility index (Phi) is 7.11. The van der Waals surface area contributed by atoms with Gasteiger partial charge in [-0.05, 0) is 96.4 Å². The van der Waals surface area contributed by atoms with Crippen LogP contribution in [0.3, 0.4) is 0 Å². The molecule has 0 N–H and O–H groups in total. The number of anilines is 3. The van der Waals surface area contributed by atoms with Gasteiger partial charge in [0.25, 0.3) is 0 Å². The zero-order valence-corrected chi connectivity index (χ0v) is 30.2. The Labute approximate surface area is 317 Å². The molecule has 1 nitrogen and oxygen atoms in total. The number of hydrogen-bond donors (Lipinski definition) is 0. The molecule has 0 aliphatic carbocycles. The van der Waals surface area contributed by atoms with E-state index in [0.717, 1.165) is 17.1 Å². The first kappa shape index (κ1) is 30.8. The van der Waals surface area contributed by atoms with E-state index in [4.69, 9.17) is 0 Å². The third-order valence-electron chi connectivity index (χ3n) is 11.0. The molecule has 11 rings (SSSR count). The minimum absolute atomic E-state index is 1.12. The summed E-state index contributed by atoms with van der Waals surface area (Å²) >= 11 is 1.88. The van der Waals surface area contributed by atoms with Crippen molar-refractivity contribution in [1.82, 2.24) is 0 Å². The summed E-state index contributed by atoms with van der Waals surface area (Å²) in [5.41, 5.74) is 8.24. The predicted octanol–water partition coefficient (Wildman–Crippen LogP) is 15.5. The maximum atomic E-state index is 2.47. The second-order valence-electron chi connectivity index (χ2n) is 14.1. The molecule has 0 aliphatic heterocycles. The fourth-order valence-electron chi connectivity index (χ4n) is 8.53. The van der Waals surface area contributed by atoms with E-state index in [1.54, 1.807) is 0 Å². The van der Waals surface area contributed by atoms with Gasteiger partial charge in [0.05, 0.1) is 5.69 Å². The summed E-state index contributed by atoms with van der Waals surface area (Å²) in [6.07, 6.45) is 0. The summed E-state index contributed by atoms with van der Waals surface area (Å²) in [5, 5.41) is 12.7. The third-order valence-corrected chi connectivity index (χ3v) is 12.2. The fourth-order valence-corrected chi connectivity index (χ4v) is 9.77. The van der Waals surface area contributed by atoms with Crippen LogP contribution in [0.25, 0.3) is 85.5 Å². The molecule has 54 heavy (non-hydrogen) atoms. The van der Waals surface area contributed by atoms with Crippen LogP contribution in [0.1, 0.15) is 0 Å². The number of hydrogen-bond acceptors (Lipinski definition) is 2. The highest BCUT2D eigenvalue weighted by Gasteiger charge is 2.20. The molecule has 1 aromatic heterocycles. The lowest BCUT2D eigenvalue weighted by atomic mass is 9.91. The lowest BCUT2D eigenvalue weighted by molar-refractivity contribution is 1.30. The minimum atomic E-state index is 1.12. The molecule has 0 aliphatic rings. The molecule has 1 heterocycles. The molecule has 0 radical (unpaired) electrons. The average molecular weight is 704 g/mol. The third kappa shape index (κ3) is 4.92. The van der Waals surface area contributed by atoms with Crippen LogP contribution < -0.4 is 4.90 Å². The predicted molar refractivity (Wildman–Crippen MR) is 235 cm³/mol. The van der Waals surface area contributed by atoms with Gasteiger partial charge in [0.15, 0.2) is 0 Å². The Bertz CT molecular complexity index is 3230. The summed E-state index contributed by atoms with van der Waals surface area (Å²) in [4.78, 5) is 2.47. The fraction of sp³-hybridized carbons (Fsp3) is 0. The van der Waals surface area contributed by atoms with Crippen molar-refractivity contribution in [2.45, 2.75) is 0 Å². The van der Waals surface area contributed by atoms with Gasteiger partial charge in [0, 0.05) is 36.9 Å². The van der Waals surface area contributed by atoms with Gasteiger partial charge in [-0.2, -0.15) is 0 Å². The minimum Gasteiger partial charge on any atom is -0.310 e. The molecule has 0 amide bonds. The van der Waals surface area contributed by atoms with Crippen molar-refractivity contribution in [3.05, 3.63) is 200 Å². The van der Waals surface area contributed by atoms with Crippen molar-refractivity contribution >= 4 is 91.7 Å². The largest absolute Gasteiger partial charge is 0.310 e. The number of thiophene rings is 1. The molecule has 0 saturated carbocycles. The van der Waals surface area contributed by atoms with Crippen LogP contribution in [0.4, 0.5) is 17.1 Å². The smallest absolute Gasteiger partial charge is 0.0546 e. The second-order valence-corrected chi connectivity index (χ2v) is 15.1. The first-order chi connectivity index (χ1) is 26.8. The summed E-state index contributed by atoms with van der Waals surface area (Å²) in [7, 11) is 0. The van der Waals surface area contributed by atoms with Gasteiger partial charge in [-0.15, -0.1) is 11.3 Å². The standard InChI is InChI=1S/C52H33NS/c1-2-13-34(14-3-1)37-16-10-18-40(31-37)53(41-19-11-17-38(32-41)43-24-12-25-47-45-22-8-9-26-49(45)54-52(43)47)48-33-39-30-29-36-28-27-35-15-4-5-20-42(35)50(36)51(39)46-23-7-6-21-44(46)48/h1-33H. The molecule has 0 saturated heterocycles. The van der Waals surface area contributed by atoms with E-state index >= 15 is 0 Å². The van der Waals surface area contributed by atoms with Crippen molar-refractivity contribution in [1.29, 1.82) is 0 Å². The van der Waals surface area contributed by atoms with Gasteiger partial charge in [0.1, 0.15) is 0 Å². The van der Waals surface area contributed by atoms with Crippen LogP contribution in [0.15, 0.2) is 200 Å². The summed E-state index contributed by atoms with van der Waals surface area (Å²) in [6.45, 7) is 0. The maximum Gasteiger partial charge on any atom is 0.0546 e. The monoisotopic (exact) mass is 703 g/mol. The van der Waals surface area contributed by atoms with Crippen LogP contribution in [-0.4, -0.2) is 0 Å². The van der Waals surface area contributed by atoms with Gasteiger partial charge in [-0.25, -0.2) is 0 Å². The van der Waals surface area contributed by atoms with Crippen LogP contribution in [0.2, 0.25) is 0 Å². The molecule has 0 atom stereocenters. The van der Waals surface area contributed by atoms with Gasteiger partial charge in [-0.3, -0.25) is 0 Å². The summed E-state index contributed by atoms with van der Waals surface area (Å²) < 4.78 is 2.64. The van der Waals surface area contributed by atoms with E-state index in [-0.39, 0.29) is 0 Å². The van der Waals surface area contributed by atoms with E-state index in [0.29, 0.717) is 0 Å². The highest BCUT2D eigenvalue weighted by molar-refractivity contribution is 7.26. The number of fused-ring (bicyclic) bond motifs is 10. The van der Waals surface area contributed by atoms with Crippen LogP contribution in [0.5, 0.6) is 0 Å². The van der Waals surface area contributed by atoms with Gasteiger partial charge >= 0.3 is 0 Å². The summed E-state index contributed by atoms with van der Waals surface area (Å²) in [6, 6.07) is 73.5. The molecule has 11 aromatic rings. The molecule has 0 fully saturated rings. The topological polar surface area (TPSA) is 3.24 Å². The lowest BCUT2D eigenvalue weighted by Gasteiger charge is -2.29. The molecule has 2 heteroatoms. The highest BCUT2D eigenvalue weighted by atomic mass is 32.1. The molecule has 0 unspecified atom stereocenters. The normalized spacial score (nSPS) is 11.7. The molecule has 10 aromatic carbocycles. The number of rotatable bonds is 5. The zero-order chi connectivity index (χ0) is 35.6. The van der Waals surface area contributed by atoms with Crippen molar-refractivity contribution in [3.8, 4) is 22.3 Å². The van der Waals surface area contributed by atoms with E-state index in [2.05, 4.69) is 205 Å². The van der Waals surface area contributed by atoms with Gasteiger partial charge in [-0.1, -0.05) is 164 Å². The van der Waals surface area contributed by atoms with Crippen molar-refractivity contribution < 1.29 is 0 Å². The molecular formula is C52H33NS. The maximum absolute atomic E-state index is 2.47. The number of nitrogens with zero attached hydrogens (tertiary/aromatic N) is 1. The van der Waals surface area contributed by atoms with Crippen molar-refractivity contribution in [2.75, 3.05) is 4.90 Å². The Balaban J connectivity index is 1.19. The van der Waals surface area contributed by atoms with Gasteiger partial charge in [0.2, 0.25) is 0 Å². The van der Waals surface area contributed by atoms with E-state index < -0.39 is 0 Å². The Morgan fingerprint density at radius 2 is 0.907 bits per heavy atom. The average Bonchev–Trinajstić information content (AvgIpc) is 3.63. The Morgan fingerprint density at radius 1 is 0.333 bits per heavy atom. The summed E-state index contributed by atoms with van der Waals surface area (Å²) in [5.74, 6) is 0. The van der Waals surface area contributed by atoms with Crippen molar-refractivity contribution in [3.63, 3.8) is 0 Å². The van der Waals surface area contributed by atoms with E-state index in [9.17, 15) is 0 Å². The zero-order valence-electron chi connectivity index (χ0n) is 29.4. The van der Waals surface area contributed by atoms with Crippen LogP contribution in [-0.2, 0) is 0 Å².